The summed E-state index contributed by atoms with van der Waals surface area (Å²) in [7, 11) is 0. The van der Waals surface area contributed by atoms with E-state index < -0.39 is 6.10 Å². The van der Waals surface area contributed by atoms with Gasteiger partial charge in [0.25, 0.3) is 0 Å². The van der Waals surface area contributed by atoms with Crippen LogP contribution in [0, 0.1) is 0 Å². The molecule has 1 aliphatic heterocycles. The highest BCUT2D eigenvalue weighted by molar-refractivity contribution is 6.43. The van der Waals surface area contributed by atoms with Gasteiger partial charge in [-0.1, -0.05) is 29.3 Å². The number of hydrogen-bond acceptors (Lipinski definition) is 4. The first-order chi connectivity index (χ1) is 9.00. The molecule has 1 aromatic carbocycles. The molecule has 106 valence electrons. The molecule has 0 bridgehead atoms. The van der Waals surface area contributed by atoms with Crippen LogP contribution in [0.1, 0.15) is 6.92 Å². The highest BCUT2D eigenvalue weighted by atomic mass is 35.5. The van der Waals surface area contributed by atoms with E-state index in [9.17, 15) is 5.11 Å². The average Bonchev–Trinajstić information content (AvgIpc) is 2.41. The molecule has 2 unspecified atom stereocenters. The molecule has 6 heteroatoms. The number of anilines is 1. The zero-order valence-corrected chi connectivity index (χ0v) is 12.4. The van der Waals surface area contributed by atoms with E-state index in [0.29, 0.717) is 10.0 Å². The van der Waals surface area contributed by atoms with E-state index in [4.69, 9.17) is 28.9 Å². The molecule has 1 heterocycles. The fourth-order valence-electron chi connectivity index (χ4n) is 2.30. The van der Waals surface area contributed by atoms with Gasteiger partial charge < -0.3 is 15.7 Å². The molecule has 1 fully saturated rings. The van der Waals surface area contributed by atoms with Crippen molar-refractivity contribution in [2.75, 3.05) is 31.1 Å². The number of nitrogens with two attached hydrogens (primary N) is 1. The van der Waals surface area contributed by atoms with Gasteiger partial charge in [-0.25, -0.2) is 0 Å². The monoisotopic (exact) mass is 303 g/mol. The highest BCUT2D eigenvalue weighted by Crippen LogP contribution is 2.32. The lowest BCUT2D eigenvalue weighted by molar-refractivity contribution is 0.0605. The molecule has 0 radical (unpaired) electrons. The molecular formula is C13H19Cl2N3O. The van der Waals surface area contributed by atoms with E-state index in [2.05, 4.69) is 9.80 Å². The van der Waals surface area contributed by atoms with Crippen molar-refractivity contribution in [3.05, 3.63) is 28.2 Å². The first-order valence-electron chi connectivity index (χ1n) is 6.37. The normalized spacial score (nSPS) is 20.4. The van der Waals surface area contributed by atoms with Crippen molar-refractivity contribution in [3.8, 4) is 0 Å². The predicted molar refractivity (Wildman–Crippen MR) is 79.9 cm³/mol. The van der Waals surface area contributed by atoms with Gasteiger partial charge in [-0.3, -0.25) is 4.90 Å². The van der Waals surface area contributed by atoms with Crippen molar-refractivity contribution < 1.29 is 5.11 Å². The van der Waals surface area contributed by atoms with E-state index >= 15 is 0 Å². The molecule has 3 N–H and O–H groups in total. The van der Waals surface area contributed by atoms with Crippen LogP contribution in [0.15, 0.2) is 18.2 Å². The number of hydrogen-bond donors (Lipinski definition) is 2. The molecule has 4 nitrogen and oxygen atoms in total. The third-order valence-corrected chi connectivity index (χ3v) is 4.31. The van der Waals surface area contributed by atoms with E-state index in [0.717, 1.165) is 31.9 Å². The SMILES string of the molecule is CC(O)C(N)N1CCN(c2cccc(Cl)c2Cl)CC1. The van der Waals surface area contributed by atoms with E-state index in [-0.39, 0.29) is 6.17 Å². The molecule has 0 saturated carbocycles. The summed E-state index contributed by atoms with van der Waals surface area (Å²) in [4.78, 5) is 4.28. The highest BCUT2D eigenvalue weighted by Gasteiger charge is 2.25. The summed E-state index contributed by atoms with van der Waals surface area (Å²) >= 11 is 12.3. The molecule has 19 heavy (non-hydrogen) atoms. The second-order valence-corrected chi connectivity index (χ2v) is 5.61. The molecule has 0 amide bonds. The van der Waals surface area contributed by atoms with Gasteiger partial charge in [0.1, 0.15) is 0 Å². The van der Waals surface area contributed by atoms with Crippen LogP contribution in [-0.4, -0.2) is 48.5 Å². The Hall–Kier alpha value is -0.520. The van der Waals surface area contributed by atoms with Crippen LogP contribution in [0.5, 0.6) is 0 Å². The summed E-state index contributed by atoms with van der Waals surface area (Å²) in [5.41, 5.74) is 6.90. The van der Waals surface area contributed by atoms with E-state index in [1.807, 2.05) is 12.1 Å². The lowest BCUT2D eigenvalue weighted by atomic mass is 10.2. The molecule has 0 spiro atoms. The minimum Gasteiger partial charge on any atom is -0.390 e. The lowest BCUT2D eigenvalue weighted by Gasteiger charge is -2.40. The molecule has 2 rings (SSSR count). The van der Waals surface area contributed by atoms with Gasteiger partial charge in [0, 0.05) is 26.2 Å². The maximum absolute atomic E-state index is 9.52. The zero-order chi connectivity index (χ0) is 14.0. The molecular weight excluding hydrogens is 285 g/mol. The van der Waals surface area contributed by atoms with Gasteiger partial charge in [-0.15, -0.1) is 0 Å². The van der Waals surface area contributed by atoms with Crippen LogP contribution < -0.4 is 10.6 Å². The number of halogens is 2. The third-order valence-electron chi connectivity index (χ3n) is 3.50. The van der Waals surface area contributed by atoms with Crippen molar-refractivity contribution in [1.82, 2.24) is 4.90 Å². The van der Waals surface area contributed by atoms with Gasteiger partial charge in [-0.2, -0.15) is 0 Å². The Labute approximate surface area is 123 Å². The summed E-state index contributed by atoms with van der Waals surface area (Å²) in [6.45, 7) is 4.95. The van der Waals surface area contributed by atoms with E-state index in [1.165, 1.54) is 0 Å². The first-order valence-corrected chi connectivity index (χ1v) is 7.13. The molecule has 1 aromatic rings. The quantitative estimate of drug-likeness (QED) is 0.894. The van der Waals surface area contributed by atoms with Crippen LogP contribution in [0.3, 0.4) is 0 Å². The number of aliphatic hydroxyl groups excluding tert-OH is 1. The zero-order valence-electron chi connectivity index (χ0n) is 10.9. The number of benzene rings is 1. The van der Waals surface area contributed by atoms with Gasteiger partial charge in [0.05, 0.1) is 28.0 Å². The van der Waals surface area contributed by atoms with Crippen LogP contribution >= 0.6 is 23.2 Å². The predicted octanol–water partition coefficient (Wildman–Crippen LogP) is 1.78. The smallest absolute Gasteiger partial charge is 0.0838 e. The minimum atomic E-state index is -0.527. The number of aliphatic hydroxyl groups is 1. The molecule has 0 aromatic heterocycles. The second kappa shape index (κ2) is 6.29. The lowest BCUT2D eigenvalue weighted by Crippen LogP contribution is -2.56. The third kappa shape index (κ3) is 3.33. The van der Waals surface area contributed by atoms with Crippen LogP contribution in [0.2, 0.25) is 10.0 Å². The van der Waals surface area contributed by atoms with Crippen molar-refractivity contribution in [2.45, 2.75) is 19.2 Å². The van der Waals surface area contributed by atoms with Gasteiger partial charge in [0.15, 0.2) is 0 Å². The maximum atomic E-state index is 9.52. The van der Waals surface area contributed by atoms with E-state index in [1.54, 1.807) is 13.0 Å². The van der Waals surface area contributed by atoms with Gasteiger partial charge in [-0.05, 0) is 19.1 Å². The number of piperazine rings is 1. The topological polar surface area (TPSA) is 52.7 Å². The Balaban J connectivity index is 2.02. The first kappa shape index (κ1) is 14.9. The van der Waals surface area contributed by atoms with Crippen molar-refractivity contribution >= 4 is 28.9 Å². The van der Waals surface area contributed by atoms with Gasteiger partial charge in [0.2, 0.25) is 0 Å². The maximum Gasteiger partial charge on any atom is 0.0838 e. The molecule has 2 atom stereocenters. The van der Waals surface area contributed by atoms with Crippen molar-refractivity contribution in [2.24, 2.45) is 5.73 Å². The molecule has 0 aliphatic carbocycles. The largest absolute Gasteiger partial charge is 0.390 e. The fourth-order valence-corrected chi connectivity index (χ4v) is 2.72. The van der Waals surface area contributed by atoms with Gasteiger partial charge >= 0.3 is 0 Å². The fraction of sp³-hybridized carbons (Fsp3) is 0.538. The average molecular weight is 304 g/mol. The second-order valence-electron chi connectivity index (χ2n) is 4.83. The van der Waals surface area contributed by atoms with Crippen LogP contribution in [-0.2, 0) is 0 Å². The Bertz CT molecular complexity index is 434. The summed E-state index contributed by atoms with van der Waals surface area (Å²) in [6.07, 6.45) is -0.835. The minimum absolute atomic E-state index is 0.308. The van der Waals surface area contributed by atoms with Crippen LogP contribution in [0.4, 0.5) is 5.69 Å². The summed E-state index contributed by atoms with van der Waals surface area (Å²) in [5.74, 6) is 0. The van der Waals surface area contributed by atoms with Crippen molar-refractivity contribution in [1.29, 1.82) is 0 Å². The Morgan fingerprint density at radius 3 is 2.42 bits per heavy atom. The summed E-state index contributed by atoms with van der Waals surface area (Å²) in [5, 5.41) is 10.7. The molecule has 1 aliphatic rings. The summed E-state index contributed by atoms with van der Waals surface area (Å²) < 4.78 is 0. The Morgan fingerprint density at radius 1 is 1.21 bits per heavy atom. The van der Waals surface area contributed by atoms with Crippen molar-refractivity contribution in [3.63, 3.8) is 0 Å². The van der Waals surface area contributed by atoms with Crippen LogP contribution in [0.25, 0.3) is 0 Å². The summed E-state index contributed by atoms with van der Waals surface area (Å²) in [6, 6.07) is 5.66. The Morgan fingerprint density at radius 2 is 1.84 bits per heavy atom. The molecule has 1 saturated heterocycles. The Kier molecular flexibility index (Phi) is 4.92. The number of rotatable bonds is 3. The standard InChI is InChI=1S/C13H19Cl2N3O/c1-9(19)13(16)18-7-5-17(6-8-18)11-4-2-3-10(14)12(11)15/h2-4,9,13,19H,5-8,16H2,1H3. The number of nitrogens with zero attached hydrogens (tertiary/aromatic N) is 2.